The van der Waals surface area contributed by atoms with Crippen LogP contribution in [0.2, 0.25) is 0 Å². The highest BCUT2D eigenvalue weighted by Crippen LogP contribution is 2.12. The number of rotatable bonds is 1. The Labute approximate surface area is 77.6 Å². The number of hydrogen-bond acceptors (Lipinski definition) is 5. The molecule has 0 N–H and O–H groups in total. The number of fused-ring (bicyclic) bond motifs is 1. The molecule has 2 rings (SSSR count). The molecule has 0 saturated heterocycles. The Balaban J connectivity index is 2.75. The number of nitrogens with zero attached hydrogens (tertiary/aromatic N) is 4. The average Bonchev–Trinajstić information content (AvgIpc) is 2.47. The van der Waals surface area contributed by atoms with Crippen molar-refractivity contribution in [3.63, 3.8) is 0 Å². The van der Waals surface area contributed by atoms with E-state index in [0.29, 0.717) is 5.65 Å². The molecule has 0 fully saturated rings. The van der Waals surface area contributed by atoms with E-state index in [0.717, 1.165) is 0 Å². The maximum Gasteiger partial charge on any atom is 0.278 e. The first-order valence-corrected chi connectivity index (χ1v) is 5.48. The molecule has 0 atom stereocenters. The van der Waals surface area contributed by atoms with Gasteiger partial charge in [0.1, 0.15) is 12.7 Å². The van der Waals surface area contributed by atoms with Crippen LogP contribution in [0.15, 0.2) is 23.7 Å². The lowest BCUT2D eigenvalue weighted by atomic mass is 10.6. The quantitative estimate of drug-likeness (QED) is 0.499. The van der Waals surface area contributed by atoms with Crippen LogP contribution in [0.4, 0.5) is 0 Å². The molecular formula is C5H3ClN4O2S. The van der Waals surface area contributed by atoms with Gasteiger partial charge in [-0.1, -0.05) is 0 Å². The van der Waals surface area contributed by atoms with Crippen molar-refractivity contribution in [1.29, 1.82) is 0 Å². The van der Waals surface area contributed by atoms with Gasteiger partial charge in [-0.3, -0.25) is 4.40 Å². The highest BCUT2D eigenvalue weighted by molar-refractivity contribution is 8.13. The summed E-state index contributed by atoms with van der Waals surface area (Å²) >= 11 is 0. The minimum Gasteiger partial charge on any atom is -0.272 e. The van der Waals surface area contributed by atoms with E-state index in [9.17, 15) is 8.42 Å². The summed E-state index contributed by atoms with van der Waals surface area (Å²) in [5, 5.41) is 6.98. The zero-order valence-corrected chi connectivity index (χ0v) is 7.70. The van der Waals surface area contributed by atoms with Crippen LogP contribution in [0.3, 0.4) is 0 Å². The SMILES string of the molecule is O=S(=O)(Cl)c1cc2nncn2cn1. The predicted molar refractivity (Wildman–Crippen MR) is 43.8 cm³/mol. The molecule has 0 spiro atoms. The molecule has 2 aromatic heterocycles. The molecule has 13 heavy (non-hydrogen) atoms. The van der Waals surface area contributed by atoms with E-state index in [1.807, 2.05) is 0 Å². The van der Waals surface area contributed by atoms with Crippen LogP contribution >= 0.6 is 10.7 Å². The topological polar surface area (TPSA) is 77.2 Å². The second-order valence-electron chi connectivity index (χ2n) is 2.26. The zero-order valence-electron chi connectivity index (χ0n) is 6.12. The third-order valence-corrected chi connectivity index (χ3v) is 2.61. The van der Waals surface area contributed by atoms with Gasteiger partial charge in [-0.15, -0.1) is 10.2 Å². The monoisotopic (exact) mass is 218 g/mol. The average molecular weight is 219 g/mol. The molecule has 0 radical (unpaired) electrons. The van der Waals surface area contributed by atoms with Crippen molar-refractivity contribution in [1.82, 2.24) is 19.6 Å². The van der Waals surface area contributed by atoms with Crippen molar-refractivity contribution in [2.45, 2.75) is 5.03 Å². The molecule has 0 unspecified atom stereocenters. The fraction of sp³-hybridized carbons (Fsp3) is 0. The Morgan fingerprint density at radius 1 is 1.38 bits per heavy atom. The minimum absolute atomic E-state index is 0.227. The number of aromatic nitrogens is 4. The molecule has 2 heterocycles. The molecule has 2 aromatic rings. The van der Waals surface area contributed by atoms with E-state index in [2.05, 4.69) is 15.2 Å². The van der Waals surface area contributed by atoms with Gasteiger partial charge in [0.15, 0.2) is 10.7 Å². The molecule has 0 saturated carbocycles. The molecule has 0 aliphatic rings. The van der Waals surface area contributed by atoms with Gasteiger partial charge < -0.3 is 0 Å². The lowest BCUT2D eigenvalue weighted by Gasteiger charge is -1.94. The molecule has 0 amide bonds. The summed E-state index contributed by atoms with van der Waals surface area (Å²) < 4.78 is 23.2. The Morgan fingerprint density at radius 3 is 2.85 bits per heavy atom. The summed E-state index contributed by atoms with van der Waals surface area (Å²) in [5.41, 5.74) is 0.384. The molecule has 0 aromatic carbocycles. The van der Waals surface area contributed by atoms with Gasteiger partial charge in [0.2, 0.25) is 0 Å². The van der Waals surface area contributed by atoms with Crippen molar-refractivity contribution < 1.29 is 8.42 Å². The first kappa shape index (κ1) is 8.39. The number of hydrogen-bond donors (Lipinski definition) is 0. The van der Waals surface area contributed by atoms with E-state index >= 15 is 0 Å². The van der Waals surface area contributed by atoms with E-state index in [1.54, 1.807) is 0 Å². The summed E-state index contributed by atoms with van der Waals surface area (Å²) in [6.45, 7) is 0. The lowest BCUT2D eigenvalue weighted by Crippen LogP contribution is -1.97. The normalized spacial score (nSPS) is 12.1. The van der Waals surface area contributed by atoms with Crippen molar-refractivity contribution >= 4 is 25.4 Å². The van der Waals surface area contributed by atoms with Gasteiger partial charge in [0.25, 0.3) is 9.05 Å². The maximum atomic E-state index is 10.8. The van der Waals surface area contributed by atoms with E-state index in [1.165, 1.54) is 23.1 Å². The summed E-state index contributed by atoms with van der Waals surface area (Å²) in [6.07, 6.45) is 2.69. The van der Waals surface area contributed by atoms with Crippen LogP contribution in [0.5, 0.6) is 0 Å². The van der Waals surface area contributed by atoms with E-state index < -0.39 is 9.05 Å². The van der Waals surface area contributed by atoms with Gasteiger partial charge in [0.05, 0.1) is 0 Å². The number of halogens is 1. The molecule has 0 bridgehead atoms. The summed E-state index contributed by atoms with van der Waals surface area (Å²) in [5.74, 6) is 0. The minimum atomic E-state index is -3.79. The first-order chi connectivity index (χ1) is 6.07. The smallest absolute Gasteiger partial charge is 0.272 e. The van der Waals surface area contributed by atoms with Crippen LogP contribution in [-0.2, 0) is 9.05 Å². The van der Waals surface area contributed by atoms with Gasteiger partial charge in [-0.25, -0.2) is 13.4 Å². The summed E-state index contributed by atoms with van der Waals surface area (Å²) in [4.78, 5) is 3.61. The summed E-state index contributed by atoms with van der Waals surface area (Å²) in [7, 11) is 1.29. The lowest BCUT2D eigenvalue weighted by molar-refractivity contribution is 0.605. The molecule has 6 nitrogen and oxygen atoms in total. The van der Waals surface area contributed by atoms with Crippen LogP contribution in [0.1, 0.15) is 0 Å². The Hall–Kier alpha value is -1.21. The maximum absolute atomic E-state index is 10.8. The molecule has 8 heteroatoms. The largest absolute Gasteiger partial charge is 0.278 e. The Morgan fingerprint density at radius 2 is 2.15 bits per heavy atom. The van der Waals surface area contributed by atoms with Gasteiger partial charge in [0, 0.05) is 16.7 Å². The van der Waals surface area contributed by atoms with Crippen LogP contribution in [0, 0.1) is 0 Å². The molecule has 68 valence electrons. The van der Waals surface area contributed by atoms with Gasteiger partial charge in [-0.2, -0.15) is 0 Å². The van der Waals surface area contributed by atoms with Gasteiger partial charge >= 0.3 is 0 Å². The second-order valence-corrected chi connectivity index (χ2v) is 4.77. The highest BCUT2D eigenvalue weighted by atomic mass is 35.7. The van der Waals surface area contributed by atoms with Crippen LogP contribution in [-0.4, -0.2) is 28.0 Å². The van der Waals surface area contributed by atoms with E-state index in [4.69, 9.17) is 10.7 Å². The van der Waals surface area contributed by atoms with E-state index in [-0.39, 0.29) is 5.03 Å². The molecule has 0 aliphatic carbocycles. The fourth-order valence-electron chi connectivity index (χ4n) is 0.844. The third-order valence-electron chi connectivity index (χ3n) is 1.41. The Bertz CT molecular complexity index is 548. The van der Waals surface area contributed by atoms with Crippen molar-refractivity contribution in [3.8, 4) is 0 Å². The third kappa shape index (κ3) is 1.47. The fourth-order valence-corrected chi connectivity index (χ4v) is 1.52. The second kappa shape index (κ2) is 2.64. The molecule has 0 aliphatic heterocycles. The highest BCUT2D eigenvalue weighted by Gasteiger charge is 2.12. The van der Waals surface area contributed by atoms with Crippen molar-refractivity contribution in [2.24, 2.45) is 0 Å². The first-order valence-electron chi connectivity index (χ1n) is 3.17. The predicted octanol–water partition coefficient (Wildman–Crippen LogP) is 0.0518. The standard InChI is InChI=1S/C5H3ClN4O2S/c6-13(11,12)5-1-4-9-8-3-10(4)2-7-5/h1-3H. The van der Waals surface area contributed by atoms with Crippen LogP contribution in [0.25, 0.3) is 5.65 Å². The van der Waals surface area contributed by atoms with Crippen molar-refractivity contribution in [2.75, 3.05) is 0 Å². The van der Waals surface area contributed by atoms with Crippen LogP contribution < -0.4 is 0 Å². The van der Waals surface area contributed by atoms with Gasteiger partial charge in [-0.05, 0) is 0 Å². The summed E-state index contributed by atoms with van der Waals surface area (Å²) in [6, 6.07) is 1.25. The van der Waals surface area contributed by atoms with Crippen molar-refractivity contribution in [3.05, 3.63) is 18.7 Å². The molecular weight excluding hydrogens is 216 g/mol. The Kier molecular flexibility index (Phi) is 1.70. The zero-order chi connectivity index (χ0) is 9.47.